The summed E-state index contributed by atoms with van der Waals surface area (Å²) in [5, 5.41) is 11.7. The van der Waals surface area contributed by atoms with Crippen LogP contribution in [-0.4, -0.2) is 23.8 Å². The summed E-state index contributed by atoms with van der Waals surface area (Å²) in [6.07, 6.45) is 7.74. The third-order valence-corrected chi connectivity index (χ3v) is 4.65. The number of nitrogens with one attached hydrogen (secondary N) is 2. The summed E-state index contributed by atoms with van der Waals surface area (Å²) in [7, 11) is 0. The number of nitrogens with zero attached hydrogens (tertiary/aromatic N) is 1. The molecule has 0 spiro atoms. The Kier molecular flexibility index (Phi) is 6.26. The van der Waals surface area contributed by atoms with Crippen LogP contribution in [0.3, 0.4) is 0 Å². The minimum Gasteiger partial charge on any atom is -0.341 e. The Hall–Kier alpha value is -2.10. The summed E-state index contributed by atoms with van der Waals surface area (Å²) in [4.78, 5) is 2.53. The van der Waals surface area contributed by atoms with Gasteiger partial charge in [0.05, 0.1) is 0 Å². The van der Waals surface area contributed by atoms with E-state index in [9.17, 15) is 0 Å². The molecule has 0 amide bonds. The predicted octanol–water partition coefficient (Wildman–Crippen LogP) is 5.43. The lowest BCUT2D eigenvalue weighted by Crippen LogP contribution is -2.29. The molecule has 0 unspecified atom stereocenters. The molecule has 25 heavy (non-hydrogen) atoms. The SMILES string of the molecule is N=C(/C=C/c1ccc(CN2CCCCC2)cc1)Nc1ccc(Cl)cc1. The van der Waals surface area contributed by atoms with Crippen LogP contribution in [0, 0.1) is 5.41 Å². The first-order valence-corrected chi connectivity index (χ1v) is 9.17. The summed E-state index contributed by atoms with van der Waals surface area (Å²) in [6.45, 7) is 3.47. The van der Waals surface area contributed by atoms with Crippen molar-refractivity contribution in [2.75, 3.05) is 18.4 Å². The summed E-state index contributed by atoms with van der Waals surface area (Å²) in [5.41, 5.74) is 3.31. The lowest BCUT2D eigenvalue weighted by Gasteiger charge is -2.26. The summed E-state index contributed by atoms with van der Waals surface area (Å²) in [5.74, 6) is 0.347. The van der Waals surface area contributed by atoms with Crippen molar-refractivity contribution in [3.05, 3.63) is 70.8 Å². The van der Waals surface area contributed by atoms with Crippen molar-refractivity contribution in [3.63, 3.8) is 0 Å². The number of hydrogen-bond donors (Lipinski definition) is 2. The molecule has 2 aromatic rings. The maximum absolute atomic E-state index is 8.00. The van der Waals surface area contributed by atoms with E-state index in [2.05, 4.69) is 34.5 Å². The molecule has 1 saturated heterocycles. The zero-order valence-electron chi connectivity index (χ0n) is 14.3. The molecular formula is C21H24ClN3. The van der Waals surface area contributed by atoms with Crippen molar-refractivity contribution >= 4 is 29.2 Å². The topological polar surface area (TPSA) is 39.1 Å². The molecule has 130 valence electrons. The minimum atomic E-state index is 0.347. The summed E-state index contributed by atoms with van der Waals surface area (Å²) in [6, 6.07) is 15.9. The Morgan fingerprint density at radius 3 is 2.36 bits per heavy atom. The molecule has 3 nitrogen and oxygen atoms in total. The number of benzene rings is 2. The Bertz CT molecular complexity index is 714. The largest absolute Gasteiger partial charge is 0.341 e. The molecule has 1 aliphatic rings. The lowest BCUT2D eigenvalue weighted by atomic mass is 10.1. The molecule has 0 aromatic heterocycles. The van der Waals surface area contributed by atoms with Gasteiger partial charge in [-0.2, -0.15) is 0 Å². The number of hydrogen-bond acceptors (Lipinski definition) is 2. The van der Waals surface area contributed by atoms with Crippen molar-refractivity contribution < 1.29 is 0 Å². The molecule has 0 saturated carbocycles. The van der Waals surface area contributed by atoms with E-state index >= 15 is 0 Å². The van der Waals surface area contributed by atoms with Crippen LogP contribution >= 0.6 is 11.6 Å². The highest BCUT2D eigenvalue weighted by molar-refractivity contribution is 6.30. The highest BCUT2D eigenvalue weighted by Gasteiger charge is 2.09. The van der Waals surface area contributed by atoms with Gasteiger partial charge in [-0.05, 0) is 67.4 Å². The molecule has 1 fully saturated rings. The van der Waals surface area contributed by atoms with Crippen LogP contribution in [0.2, 0.25) is 5.02 Å². The normalized spacial score (nSPS) is 15.4. The minimum absolute atomic E-state index is 0.347. The Labute approximate surface area is 154 Å². The number of rotatable bonds is 5. The van der Waals surface area contributed by atoms with Crippen molar-refractivity contribution in [2.24, 2.45) is 0 Å². The van der Waals surface area contributed by atoms with Gasteiger partial charge in [0.25, 0.3) is 0 Å². The van der Waals surface area contributed by atoms with Crippen molar-refractivity contribution in [1.29, 1.82) is 5.41 Å². The van der Waals surface area contributed by atoms with Gasteiger partial charge < -0.3 is 5.32 Å². The van der Waals surface area contributed by atoms with Crippen LogP contribution in [0.4, 0.5) is 5.69 Å². The molecule has 2 N–H and O–H groups in total. The van der Waals surface area contributed by atoms with Gasteiger partial charge in [-0.25, -0.2) is 0 Å². The van der Waals surface area contributed by atoms with E-state index in [4.69, 9.17) is 17.0 Å². The van der Waals surface area contributed by atoms with Crippen LogP contribution in [-0.2, 0) is 6.54 Å². The average molecular weight is 354 g/mol. The van der Waals surface area contributed by atoms with E-state index in [-0.39, 0.29) is 0 Å². The van der Waals surface area contributed by atoms with Crippen LogP contribution in [0.5, 0.6) is 0 Å². The summed E-state index contributed by atoms with van der Waals surface area (Å²) >= 11 is 5.87. The van der Waals surface area contributed by atoms with Crippen molar-refractivity contribution in [2.45, 2.75) is 25.8 Å². The number of anilines is 1. The fourth-order valence-electron chi connectivity index (χ4n) is 3.02. The standard InChI is InChI=1S/C21H24ClN3/c22-19-9-11-20(12-10-19)24-21(23)13-8-17-4-6-18(7-5-17)16-25-14-2-1-3-15-25/h4-13H,1-3,14-16H2,(H2,23,24)/b13-8+. The third-order valence-electron chi connectivity index (χ3n) is 4.40. The van der Waals surface area contributed by atoms with Crippen LogP contribution in [0.15, 0.2) is 54.6 Å². The highest BCUT2D eigenvalue weighted by Crippen LogP contribution is 2.15. The fourth-order valence-corrected chi connectivity index (χ4v) is 3.15. The fraction of sp³-hybridized carbons (Fsp3) is 0.286. The van der Waals surface area contributed by atoms with Gasteiger partial charge in [0.1, 0.15) is 5.84 Å². The van der Waals surface area contributed by atoms with Crippen molar-refractivity contribution in [3.8, 4) is 0 Å². The third kappa shape index (κ3) is 5.73. The Morgan fingerprint density at radius 2 is 1.68 bits per heavy atom. The van der Waals surface area contributed by atoms with Crippen LogP contribution in [0.1, 0.15) is 30.4 Å². The van der Waals surface area contributed by atoms with Gasteiger partial charge in [-0.3, -0.25) is 10.3 Å². The van der Waals surface area contributed by atoms with Crippen LogP contribution in [0.25, 0.3) is 6.08 Å². The van der Waals surface area contributed by atoms with E-state index in [1.54, 1.807) is 6.08 Å². The van der Waals surface area contributed by atoms with Gasteiger partial charge in [-0.1, -0.05) is 48.4 Å². The zero-order chi connectivity index (χ0) is 17.5. The van der Waals surface area contributed by atoms with E-state index in [1.165, 1.54) is 37.9 Å². The molecule has 0 aliphatic carbocycles. The molecule has 0 radical (unpaired) electrons. The molecule has 1 aliphatic heterocycles. The number of likely N-dealkylation sites (tertiary alicyclic amines) is 1. The van der Waals surface area contributed by atoms with Gasteiger partial charge in [0.2, 0.25) is 0 Å². The molecule has 4 heteroatoms. The first kappa shape index (κ1) is 17.7. The van der Waals surface area contributed by atoms with E-state index < -0.39 is 0 Å². The maximum Gasteiger partial charge on any atom is 0.122 e. The van der Waals surface area contributed by atoms with Gasteiger partial charge in [-0.15, -0.1) is 0 Å². The smallest absolute Gasteiger partial charge is 0.122 e. The first-order chi connectivity index (χ1) is 12.2. The lowest BCUT2D eigenvalue weighted by molar-refractivity contribution is 0.221. The van der Waals surface area contributed by atoms with Gasteiger partial charge >= 0.3 is 0 Å². The second-order valence-corrected chi connectivity index (χ2v) is 6.89. The van der Waals surface area contributed by atoms with Gasteiger partial charge in [0, 0.05) is 17.3 Å². The molecule has 1 heterocycles. The Balaban J connectivity index is 1.52. The molecular weight excluding hydrogens is 330 g/mol. The molecule has 0 bridgehead atoms. The molecule has 2 aromatic carbocycles. The first-order valence-electron chi connectivity index (χ1n) is 8.79. The second-order valence-electron chi connectivity index (χ2n) is 6.46. The average Bonchev–Trinajstić information content (AvgIpc) is 2.64. The Morgan fingerprint density at radius 1 is 1.00 bits per heavy atom. The van der Waals surface area contributed by atoms with Crippen molar-refractivity contribution in [1.82, 2.24) is 4.90 Å². The quantitative estimate of drug-likeness (QED) is 0.555. The van der Waals surface area contributed by atoms with E-state index in [0.717, 1.165) is 17.8 Å². The maximum atomic E-state index is 8.00. The monoisotopic (exact) mass is 353 g/mol. The predicted molar refractivity (Wildman–Crippen MR) is 107 cm³/mol. The number of halogens is 1. The molecule has 3 rings (SSSR count). The number of amidine groups is 1. The van der Waals surface area contributed by atoms with Gasteiger partial charge in [0.15, 0.2) is 0 Å². The summed E-state index contributed by atoms with van der Waals surface area (Å²) < 4.78 is 0. The highest BCUT2D eigenvalue weighted by atomic mass is 35.5. The van der Waals surface area contributed by atoms with E-state index in [0.29, 0.717) is 10.9 Å². The van der Waals surface area contributed by atoms with E-state index in [1.807, 2.05) is 30.3 Å². The zero-order valence-corrected chi connectivity index (χ0v) is 15.1. The second kappa shape index (κ2) is 8.84. The molecule has 0 atom stereocenters. The number of piperidine rings is 1. The van der Waals surface area contributed by atoms with Crippen LogP contribution < -0.4 is 5.32 Å².